The van der Waals surface area contributed by atoms with E-state index in [1.807, 2.05) is 18.2 Å². The van der Waals surface area contributed by atoms with Crippen molar-refractivity contribution < 1.29 is 19.0 Å². The Labute approximate surface area is 166 Å². The Morgan fingerprint density at radius 3 is 2.50 bits per heavy atom. The van der Waals surface area contributed by atoms with E-state index in [9.17, 15) is 4.79 Å². The molecular weight excluding hydrogens is 420 g/mol. The molecule has 0 radical (unpaired) electrons. The summed E-state index contributed by atoms with van der Waals surface area (Å²) in [4.78, 5) is 20.1. The number of nitrogens with zero attached hydrogens (tertiary/aromatic N) is 1. The number of hydrogen-bond donors (Lipinski definition) is 1. The molecule has 1 aromatic heterocycles. The van der Waals surface area contributed by atoms with Gasteiger partial charge >= 0.3 is 0 Å². The topological polar surface area (TPSA) is 73.4 Å². The van der Waals surface area contributed by atoms with E-state index in [0.29, 0.717) is 22.2 Å². The van der Waals surface area contributed by atoms with Gasteiger partial charge in [0.05, 0.1) is 38.1 Å². The first-order valence-electron chi connectivity index (χ1n) is 7.56. The minimum absolute atomic E-state index is 0. The summed E-state index contributed by atoms with van der Waals surface area (Å²) < 4.78 is 15.6. The van der Waals surface area contributed by atoms with Gasteiger partial charge in [0.25, 0.3) is 0 Å². The molecule has 0 aliphatic carbocycles. The van der Waals surface area contributed by atoms with Gasteiger partial charge < -0.3 is 19.2 Å². The van der Waals surface area contributed by atoms with Crippen LogP contribution in [0, 0.1) is 0 Å². The highest BCUT2D eigenvalue weighted by Crippen LogP contribution is 2.29. The third kappa shape index (κ3) is 4.31. The Hall–Kier alpha value is -2.19. The van der Waals surface area contributed by atoms with Crippen LogP contribution < -0.4 is 14.2 Å². The maximum atomic E-state index is 12.4. The lowest BCUT2D eigenvalue weighted by atomic mass is 10.1. The fourth-order valence-electron chi connectivity index (χ4n) is 2.39. The van der Waals surface area contributed by atoms with Crippen molar-refractivity contribution in [3.8, 4) is 17.2 Å². The number of carbonyl (C=O) groups excluding carboxylic acids is 1. The lowest BCUT2D eigenvalue weighted by molar-refractivity contribution is 0.102. The van der Waals surface area contributed by atoms with Crippen molar-refractivity contribution in [3.63, 3.8) is 0 Å². The Balaban J connectivity index is 0.00000243. The second-order valence-electron chi connectivity index (χ2n) is 5.21. The van der Waals surface area contributed by atoms with E-state index < -0.39 is 0 Å². The number of carbonyl (C=O) groups is 1. The number of aromatic amines is 1. The standard InChI is InChI=1S/C18H18N2O4S.BrH/c1-22-12-5-6-13-14(9-12)20-18(19-13)25-10-15(21)11-4-7-16(23-2)17(8-11)24-3;/h4-9H,10H2,1-3H3,(H,19,20);1H. The number of nitrogens with one attached hydrogen (secondary N) is 1. The van der Waals surface area contributed by atoms with Crippen molar-refractivity contribution in [2.24, 2.45) is 0 Å². The maximum Gasteiger partial charge on any atom is 0.173 e. The Bertz CT molecular complexity index is 913. The van der Waals surface area contributed by atoms with Crippen molar-refractivity contribution in [2.75, 3.05) is 27.1 Å². The molecule has 0 aliphatic rings. The normalized spacial score (nSPS) is 10.3. The highest BCUT2D eigenvalue weighted by Gasteiger charge is 2.13. The van der Waals surface area contributed by atoms with E-state index in [1.165, 1.54) is 11.8 Å². The number of H-pyrrole nitrogens is 1. The van der Waals surface area contributed by atoms with Gasteiger partial charge in [0.2, 0.25) is 0 Å². The van der Waals surface area contributed by atoms with Crippen LogP contribution in [-0.2, 0) is 0 Å². The van der Waals surface area contributed by atoms with Crippen LogP contribution in [0.2, 0.25) is 0 Å². The van der Waals surface area contributed by atoms with Crippen molar-refractivity contribution in [1.29, 1.82) is 0 Å². The summed E-state index contributed by atoms with van der Waals surface area (Å²) in [5, 5.41) is 0.692. The summed E-state index contributed by atoms with van der Waals surface area (Å²) in [6.45, 7) is 0. The summed E-state index contributed by atoms with van der Waals surface area (Å²) in [5.74, 6) is 2.15. The molecular formula is C18H19BrN2O4S. The SMILES string of the molecule is Br.COc1ccc2nc(SCC(=O)c3ccc(OC)c(OC)c3)[nH]c2c1. The largest absolute Gasteiger partial charge is 0.497 e. The van der Waals surface area contributed by atoms with Crippen molar-refractivity contribution >= 4 is 45.6 Å². The number of rotatable bonds is 7. The Kier molecular flexibility index (Phi) is 6.93. The molecule has 0 saturated heterocycles. The quantitative estimate of drug-likeness (QED) is 0.441. The molecule has 0 spiro atoms. The summed E-state index contributed by atoms with van der Waals surface area (Å²) in [7, 11) is 4.73. The number of thioether (sulfide) groups is 1. The van der Waals surface area contributed by atoms with Gasteiger partial charge in [0.15, 0.2) is 22.4 Å². The molecule has 0 bridgehead atoms. The fourth-order valence-corrected chi connectivity index (χ4v) is 3.17. The number of imidazole rings is 1. The molecule has 2 aromatic carbocycles. The van der Waals surface area contributed by atoms with Gasteiger partial charge in [-0.05, 0) is 30.3 Å². The van der Waals surface area contributed by atoms with E-state index in [-0.39, 0.29) is 28.5 Å². The Morgan fingerprint density at radius 2 is 1.81 bits per heavy atom. The van der Waals surface area contributed by atoms with E-state index in [4.69, 9.17) is 14.2 Å². The monoisotopic (exact) mass is 438 g/mol. The summed E-state index contributed by atoms with van der Waals surface area (Å²) in [6, 6.07) is 10.8. The minimum Gasteiger partial charge on any atom is -0.497 e. The predicted octanol–water partition coefficient (Wildman–Crippen LogP) is 4.14. The zero-order chi connectivity index (χ0) is 17.8. The molecule has 1 N–H and O–H groups in total. The third-order valence-corrected chi connectivity index (χ3v) is 4.59. The van der Waals surface area contributed by atoms with E-state index in [1.54, 1.807) is 39.5 Å². The number of halogens is 1. The van der Waals surface area contributed by atoms with Gasteiger partial charge in [-0.25, -0.2) is 4.98 Å². The first kappa shape index (κ1) is 20.1. The number of benzene rings is 2. The van der Waals surface area contributed by atoms with Crippen molar-refractivity contribution in [1.82, 2.24) is 9.97 Å². The van der Waals surface area contributed by atoms with Gasteiger partial charge in [0, 0.05) is 11.6 Å². The smallest absolute Gasteiger partial charge is 0.173 e. The molecule has 0 saturated carbocycles. The molecule has 3 rings (SSSR count). The molecule has 0 fully saturated rings. The van der Waals surface area contributed by atoms with Gasteiger partial charge in [-0.15, -0.1) is 17.0 Å². The van der Waals surface area contributed by atoms with Crippen LogP contribution in [0.5, 0.6) is 17.2 Å². The third-order valence-electron chi connectivity index (χ3n) is 3.71. The average Bonchev–Trinajstić information content (AvgIpc) is 3.07. The zero-order valence-electron chi connectivity index (χ0n) is 14.6. The molecule has 1 heterocycles. The maximum absolute atomic E-state index is 12.4. The number of Topliss-reactive ketones (excluding diaryl/α,β-unsaturated/α-hetero) is 1. The number of fused-ring (bicyclic) bond motifs is 1. The number of ether oxygens (including phenoxy) is 3. The summed E-state index contributed by atoms with van der Waals surface area (Å²) >= 11 is 1.36. The molecule has 138 valence electrons. The van der Waals surface area contributed by atoms with Crippen LogP contribution in [-0.4, -0.2) is 42.8 Å². The predicted molar refractivity (Wildman–Crippen MR) is 108 cm³/mol. The molecule has 0 atom stereocenters. The highest BCUT2D eigenvalue weighted by molar-refractivity contribution is 8.93. The Morgan fingerprint density at radius 1 is 1.04 bits per heavy atom. The second-order valence-corrected chi connectivity index (χ2v) is 6.17. The van der Waals surface area contributed by atoms with Gasteiger partial charge in [-0.3, -0.25) is 4.79 Å². The molecule has 26 heavy (non-hydrogen) atoms. The van der Waals surface area contributed by atoms with Crippen LogP contribution in [0.3, 0.4) is 0 Å². The second kappa shape index (κ2) is 8.95. The first-order valence-corrected chi connectivity index (χ1v) is 8.55. The molecule has 0 amide bonds. The van der Waals surface area contributed by atoms with Crippen LogP contribution in [0.15, 0.2) is 41.6 Å². The van der Waals surface area contributed by atoms with E-state index >= 15 is 0 Å². The van der Waals surface area contributed by atoms with Crippen LogP contribution in [0.4, 0.5) is 0 Å². The molecule has 0 unspecified atom stereocenters. The number of aromatic nitrogens is 2. The minimum atomic E-state index is -0.0102. The number of methoxy groups -OCH3 is 3. The molecule has 3 aromatic rings. The fraction of sp³-hybridized carbons (Fsp3) is 0.222. The van der Waals surface area contributed by atoms with Crippen LogP contribution >= 0.6 is 28.7 Å². The number of hydrogen-bond acceptors (Lipinski definition) is 6. The summed E-state index contributed by atoms with van der Waals surface area (Å²) in [5.41, 5.74) is 2.28. The van der Waals surface area contributed by atoms with E-state index in [2.05, 4.69) is 9.97 Å². The van der Waals surface area contributed by atoms with Crippen LogP contribution in [0.1, 0.15) is 10.4 Å². The number of ketones is 1. The molecule has 0 aliphatic heterocycles. The lowest BCUT2D eigenvalue weighted by Crippen LogP contribution is -2.03. The first-order chi connectivity index (χ1) is 12.1. The van der Waals surface area contributed by atoms with Crippen LogP contribution in [0.25, 0.3) is 11.0 Å². The van der Waals surface area contributed by atoms with Crippen molar-refractivity contribution in [2.45, 2.75) is 5.16 Å². The molecule has 6 nitrogen and oxygen atoms in total. The highest BCUT2D eigenvalue weighted by atomic mass is 79.9. The van der Waals surface area contributed by atoms with Gasteiger partial charge in [-0.2, -0.15) is 0 Å². The average molecular weight is 439 g/mol. The van der Waals surface area contributed by atoms with Crippen molar-refractivity contribution in [3.05, 3.63) is 42.0 Å². The zero-order valence-corrected chi connectivity index (χ0v) is 17.1. The van der Waals surface area contributed by atoms with Gasteiger partial charge in [0.1, 0.15) is 5.75 Å². The molecule has 8 heteroatoms. The van der Waals surface area contributed by atoms with Gasteiger partial charge in [-0.1, -0.05) is 11.8 Å². The summed E-state index contributed by atoms with van der Waals surface area (Å²) in [6.07, 6.45) is 0. The van der Waals surface area contributed by atoms with E-state index in [0.717, 1.165) is 16.8 Å². The lowest BCUT2D eigenvalue weighted by Gasteiger charge is -2.08.